The van der Waals surface area contributed by atoms with Crippen molar-refractivity contribution in [3.63, 3.8) is 0 Å². The number of esters is 1. The maximum atomic E-state index is 11.0. The minimum absolute atomic E-state index is 0.234. The molecular formula is C13H14N2O2. The Morgan fingerprint density at radius 1 is 1.35 bits per heavy atom. The zero-order valence-corrected chi connectivity index (χ0v) is 9.43. The minimum Gasteiger partial charge on any atom is -0.456 e. The number of piperidine rings is 1. The van der Waals surface area contributed by atoms with E-state index in [1.165, 1.54) is 5.56 Å². The van der Waals surface area contributed by atoms with Crippen molar-refractivity contribution in [1.82, 2.24) is 9.88 Å². The minimum atomic E-state index is -0.234. The van der Waals surface area contributed by atoms with Crippen LogP contribution in [0.4, 0.5) is 0 Å². The van der Waals surface area contributed by atoms with Gasteiger partial charge in [-0.2, -0.15) is 0 Å². The third kappa shape index (κ3) is 1.37. The lowest BCUT2D eigenvalue weighted by Gasteiger charge is -2.02. The highest BCUT2D eigenvalue weighted by atomic mass is 16.5. The normalized spacial score (nSPS) is 34.5. The van der Waals surface area contributed by atoms with Crippen molar-refractivity contribution in [1.29, 1.82) is 0 Å². The second-order valence-corrected chi connectivity index (χ2v) is 5.11. The molecule has 0 radical (unpaired) electrons. The quantitative estimate of drug-likeness (QED) is 0.765. The Morgan fingerprint density at radius 2 is 2.18 bits per heavy atom. The Bertz CT molecular complexity index is 507. The highest BCUT2D eigenvalue weighted by molar-refractivity contribution is 5.91. The molecule has 1 saturated heterocycles. The SMILES string of the molecule is O=C1C=C(n2ccc(C3C4CNCC43)c2)CO1. The molecule has 1 saturated carbocycles. The number of aromatic nitrogens is 1. The average Bonchev–Trinajstić information content (AvgIpc) is 2.83. The zero-order chi connectivity index (χ0) is 11.4. The standard InChI is InChI=1S/C13H14N2O2/c16-12-3-9(7-17-12)15-2-1-8(6-15)13-10-4-14-5-11(10)13/h1-3,6,10-11,13-14H,4-5,7H2. The molecule has 4 heteroatoms. The van der Waals surface area contributed by atoms with Crippen LogP contribution in [0.2, 0.25) is 0 Å². The van der Waals surface area contributed by atoms with Crippen LogP contribution < -0.4 is 5.32 Å². The molecule has 4 nitrogen and oxygen atoms in total. The van der Waals surface area contributed by atoms with Crippen LogP contribution in [0.3, 0.4) is 0 Å². The maximum Gasteiger partial charge on any atom is 0.333 e. The second-order valence-electron chi connectivity index (χ2n) is 5.11. The highest BCUT2D eigenvalue weighted by Crippen LogP contribution is 2.55. The third-order valence-corrected chi connectivity index (χ3v) is 4.17. The zero-order valence-electron chi connectivity index (χ0n) is 9.43. The Balaban J connectivity index is 1.58. The van der Waals surface area contributed by atoms with Crippen LogP contribution in [0.15, 0.2) is 24.5 Å². The molecule has 1 aromatic heterocycles. The summed E-state index contributed by atoms with van der Waals surface area (Å²) in [5.41, 5.74) is 2.34. The average molecular weight is 230 g/mol. The molecule has 2 atom stereocenters. The third-order valence-electron chi connectivity index (χ3n) is 4.17. The molecule has 1 N–H and O–H groups in total. The lowest BCUT2D eigenvalue weighted by Crippen LogP contribution is -2.13. The van der Waals surface area contributed by atoms with Gasteiger partial charge < -0.3 is 14.6 Å². The van der Waals surface area contributed by atoms with Gasteiger partial charge in [-0.3, -0.25) is 0 Å². The van der Waals surface area contributed by atoms with Crippen LogP contribution in [0.5, 0.6) is 0 Å². The van der Waals surface area contributed by atoms with Crippen molar-refractivity contribution in [3.05, 3.63) is 30.1 Å². The number of ether oxygens (including phenoxy) is 1. The van der Waals surface area contributed by atoms with Crippen molar-refractivity contribution in [3.8, 4) is 0 Å². The topological polar surface area (TPSA) is 43.3 Å². The Hall–Kier alpha value is -1.55. The molecular weight excluding hydrogens is 216 g/mol. The van der Waals surface area contributed by atoms with E-state index in [2.05, 4.69) is 17.6 Å². The van der Waals surface area contributed by atoms with Gasteiger partial charge in [0.25, 0.3) is 0 Å². The maximum absolute atomic E-state index is 11.0. The van der Waals surface area contributed by atoms with Crippen LogP contribution in [0.25, 0.3) is 5.70 Å². The summed E-state index contributed by atoms with van der Waals surface area (Å²) in [7, 11) is 0. The molecule has 3 heterocycles. The van der Waals surface area contributed by atoms with Gasteiger partial charge in [0, 0.05) is 18.5 Å². The molecule has 3 aliphatic rings. The predicted molar refractivity (Wildman–Crippen MR) is 62.3 cm³/mol. The van der Waals surface area contributed by atoms with E-state index >= 15 is 0 Å². The number of hydrogen-bond donors (Lipinski definition) is 1. The van der Waals surface area contributed by atoms with Gasteiger partial charge in [0.05, 0.1) is 5.70 Å². The summed E-state index contributed by atoms with van der Waals surface area (Å²) < 4.78 is 6.93. The van der Waals surface area contributed by atoms with Crippen molar-refractivity contribution in [2.75, 3.05) is 19.7 Å². The molecule has 2 aliphatic heterocycles. The number of carbonyl (C=O) groups is 1. The van der Waals surface area contributed by atoms with Gasteiger partial charge in [-0.1, -0.05) is 0 Å². The number of fused-ring (bicyclic) bond motifs is 1. The van der Waals surface area contributed by atoms with Gasteiger partial charge in [0.1, 0.15) is 6.61 Å². The van der Waals surface area contributed by atoms with Crippen molar-refractivity contribution in [2.24, 2.45) is 11.8 Å². The first-order valence-electron chi connectivity index (χ1n) is 6.09. The molecule has 0 amide bonds. The molecule has 2 unspecified atom stereocenters. The number of rotatable bonds is 2. The molecule has 0 aromatic carbocycles. The number of cyclic esters (lactones) is 1. The fraction of sp³-hybridized carbons (Fsp3) is 0.462. The van der Waals surface area contributed by atoms with Gasteiger partial charge in [-0.25, -0.2) is 4.79 Å². The number of nitrogens with zero attached hydrogens (tertiary/aromatic N) is 1. The summed E-state index contributed by atoms with van der Waals surface area (Å²) in [5, 5.41) is 3.41. The Labute approximate surface area is 99.3 Å². The van der Waals surface area contributed by atoms with Gasteiger partial charge in [-0.15, -0.1) is 0 Å². The van der Waals surface area contributed by atoms with Crippen LogP contribution in [-0.2, 0) is 9.53 Å². The summed E-state index contributed by atoms with van der Waals surface area (Å²) in [5.74, 6) is 2.17. The van der Waals surface area contributed by atoms with Crippen LogP contribution in [0, 0.1) is 11.8 Å². The monoisotopic (exact) mass is 230 g/mol. The van der Waals surface area contributed by atoms with E-state index in [9.17, 15) is 4.79 Å². The summed E-state index contributed by atoms with van der Waals surface area (Å²) in [6, 6.07) is 2.17. The summed E-state index contributed by atoms with van der Waals surface area (Å²) in [6.07, 6.45) is 5.75. The molecule has 1 aromatic rings. The first-order chi connectivity index (χ1) is 8.33. The Kier molecular flexibility index (Phi) is 1.80. The summed E-state index contributed by atoms with van der Waals surface area (Å²) >= 11 is 0. The molecule has 0 spiro atoms. The van der Waals surface area contributed by atoms with E-state index in [1.54, 1.807) is 6.08 Å². The fourth-order valence-corrected chi connectivity index (χ4v) is 3.22. The molecule has 17 heavy (non-hydrogen) atoms. The molecule has 1 aliphatic carbocycles. The van der Waals surface area contributed by atoms with Crippen LogP contribution in [-0.4, -0.2) is 30.2 Å². The summed E-state index contributed by atoms with van der Waals surface area (Å²) in [4.78, 5) is 11.0. The van der Waals surface area contributed by atoms with E-state index in [1.807, 2.05) is 10.8 Å². The van der Waals surface area contributed by atoms with Crippen LogP contribution >= 0.6 is 0 Å². The fourth-order valence-electron chi connectivity index (χ4n) is 3.22. The van der Waals surface area contributed by atoms with E-state index in [4.69, 9.17) is 4.74 Å². The van der Waals surface area contributed by atoms with Gasteiger partial charge in [0.2, 0.25) is 0 Å². The molecule has 2 fully saturated rings. The Morgan fingerprint density at radius 3 is 2.88 bits per heavy atom. The number of carbonyl (C=O) groups excluding carboxylic acids is 1. The lowest BCUT2D eigenvalue weighted by atomic mass is 10.1. The highest BCUT2D eigenvalue weighted by Gasteiger charge is 2.53. The van der Waals surface area contributed by atoms with Gasteiger partial charge in [-0.05, 0) is 42.5 Å². The van der Waals surface area contributed by atoms with Gasteiger partial charge >= 0.3 is 5.97 Å². The predicted octanol–water partition coefficient (Wildman–Crippen LogP) is 0.819. The molecule has 4 rings (SSSR count). The van der Waals surface area contributed by atoms with E-state index in [0.29, 0.717) is 6.61 Å². The second kappa shape index (κ2) is 3.23. The van der Waals surface area contributed by atoms with E-state index in [0.717, 1.165) is 36.5 Å². The number of nitrogens with one attached hydrogen (secondary N) is 1. The van der Waals surface area contributed by atoms with Gasteiger partial charge in [0.15, 0.2) is 0 Å². The summed E-state index contributed by atoms with van der Waals surface area (Å²) in [6.45, 7) is 2.71. The lowest BCUT2D eigenvalue weighted by molar-refractivity contribution is -0.134. The van der Waals surface area contributed by atoms with E-state index in [-0.39, 0.29) is 5.97 Å². The number of hydrogen-bond acceptors (Lipinski definition) is 3. The smallest absolute Gasteiger partial charge is 0.333 e. The van der Waals surface area contributed by atoms with Crippen molar-refractivity contribution >= 4 is 11.7 Å². The van der Waals surface area contributed by atoms with Crippen molar-refractivity contribution < 1.29 is 9.53 Å². The van der Waals surface area contributed by atoms with E-state index < -0.39 is 0 Å². The first kappa shape index (κ1) is 9.48. The largest absolute Gasteiger partial charge is 0.456 e. The van der Waals surface area contributed by atoms with Crippen LogP contribution in [0.1, 0.15) is 11.5 Å². The molecule has 88 valence electrons. The van der Waals surface area contributed by atoms with Crippen molar-refractivity contribution in [2.45, 2.75) is 5.92 Å². The first-order valence-corrected chi connectivity index (χ1v) is 6.09. The molecule has 0 bridgehead atoms.